The second-order valence-corrected chi connectivity index (χ2v) is 13.8. The molecule has 0 radical (unpaired) electrons. The number of piperazine rings is 1. The van der Waals surface area contributed by atoms with Crippen molar-refractivity contribution in [3.63, 3.8) is 0 Å². The lowest BCUT2D eigenvalue weighted by atomic mass is 9.86. The van der Waals surface area contributed by atoms with Crippen LogP contribution in [-0.2, 0) is 22.5 Å². The lowest BCUT2D eigenvalue weighted by molar-refractivity contribution is 0.102. The summed E-state index contributed by atoms with van der Waals surface area (Å²) in [6.45, 7) is 11.6. The second-order valence-electron chi connectivity index (χ2n) is 12.1. The van der Waals surface area contributed by atoms with Crippen molar-refractivity contribution in [3.05, 3.63) is 65.1 Å². The molecule has 0 saturated carbocycles. The van der Waals surface area contributed by atoms with Crippen molar-refractivity contribution in [1.29, 1.82) is 0 Å². The highest BCUT2D eigenvalue weighted by molar-refractivity contribution is 7.92. The van der Waals surface area contributed by atoms with Crippen LogP contribution in [0.4, 0.5) is 23.0 Å². The third kappa shape index (κ3) is 6.61. The van der Waals surface area contributed by atoms with Gasteiger partial charge in [-0.3, -0.25) is 20.0 Å². The minimum absolute atomic E-state index is 0.221. The van der Waals surface area contributed by atoms with Gasteiger partial charge in [0, 0.05) is 38.8 Å². The van der Waals surface area contributed by atoms with Crippen LogP contribution in [0.3, 0.4) is 0 Å². The molecule has 1 saturated heterocycles. The molecule has 44 heavy (non-hydrogen) atoms. The van der Waals surface area contributed by atoms with Gasteiger partial charge < -0.3 is 24.8 Å². The van der Waals surface area contributed by atoms with Gasteiger partial charge in [-0.1, -0.05) is 26.8 Å². The number of aryl methyl sites for hydroxylation is 1. The van der Waals surface area contributed by atoms with Crippen LogP contribution in [0.25, 0.3) is 5.70 Å². The summed E-state index contributed by atoms with van der Waals surface area (Å²) in [6.07, 6.45) is 4.86. The Kier molecular flexibility index (Phi) is 8.51. The van der Waals surface area contributed by atoms with Crippen LogP contribution in [0.1, 0.15) is 48.0 Å². The van der Waals surface area contributed by atoms with Gasteiger partial charge in [-0.2, -0.15) is 0 Å². The van der Waals surface area contributed by atoms with Crippen molar-refractivity contribution in [1.82, 2.24) is 25.8 Å². The van der Waals surface area contributed by atoms with E-state index in [4.69, 9.17) is 4.74 Å². The first kappa shape index (κ1) is 31.2. The van der Waals surface area contributed by atoms with E-state index in [2.05, 4.69) is 40.8 Å². The van der Waals surface area contributed by atoms with E-state index >= 15 is 0 Å². The summed E-state index contributed by atoms with van der Waals surface area (Å²) in [5, 5.41) is 8.13. The highest BCUT2D eigenvalue weighted by Gasteiger charge is 2.25. The van der Waals surface area contributed by atoms with Gasteiger partial charge >= 0.3 is 0 Å². The number of benzene rings is 2. The average Bonchev–Trinajstić information content (AvgIpc) is 3.59. The molecule has 0 aliphatic carbocycles. The normalized spacial score (nSPS) is 15.6. The number of carbonyl (C=O) groups is 1. The highest BCUT2D eigenvalue weighted by Crippen LogP contribution is 2.39. The summed E-state index contributed by atoms with van der Waals surface area (Å²) in [5.74, 6) is 0.765. The average molecular weight is 624 g/mol. The molecule has 3 heterocycles. The van der Waals surface area contributed by atoms with E-state index < -0.39 is 10.0 Å². The fourth-order valence-corrected chi connectivity index (χ4v) is 5.79. The fourth-order valence-electron chi connectivity index (χ4n) is 5.24. The largest absolute Gasteiger partial charge is 0.492 e. The molecule has 1 fully saturated rings. The maximum Gasteiger partial charge on any atom is 0.255 e. The number of ether oxygens (including phenoxy) is 1. The molecule has 0 atom stereocenters. The first-order valence-corrected chi connectivity index (χ1v) is 16.3. The Labute approximate surface area is 258 Å². The summed E-state index contributed by atoms with van der Waals surface area (Å²) in [4.78, 5) is 20.5. The number of rotatable bonds is 8. The maximum absolute atomic E-state index is 13.6. The minimum Gasteiger partial charge on any atom is -0.492 e. The maximum atomic E-state index is 13.6. The monoisotopic (exact) mass is 623 g/mol. The molecular weight excluding hydrogens is 582 g/mol. The number of amides is 1. The molecule has 1 aromatic heterocycles. The van der Waals surface area contributed by atoms with E-state index in [1.807, 2.05) is 64.3 Å². The molecule has 2 aromatic carbocycles. The van der Waals surface area contributed by atoms with Crippen molar-refractivity contribution in [3.8, 4) is 5.75 Å². The van der Waals surface area contributed by atoms with Crippen LogP contribution in [0, 0.1) is 6.92 Å². The summed E-state index contributed by atoms with van der Waals surface area (Å²) in [5.41, 5.74) is 11.4. The molecule has 5 rings (SSSR count). The Bertz CT molecular complexity index is 1700. The topological polar surface area (TPSA) is 145 Å². The molecule has 1 amide bonds. The zero-order chi connectivity index (χ0) is 31.8. The molecule has 5 N–H and O–H groups in total. The molecular formula is C30H41N9O4S. The Morgan fingerprint density at radius 3 is 2.45 bits per heavy atom. The van der Waals surface area contributed by atoms with Crippen LogP contribution in [-0.4, -0.2) is 63.4 Å². The number of methoxy groups -OCH3 is 1. The first-order valence-electron chi connectivity index (χ1n) is 14.4. The smallest absolute Gasteiger partial charge is 0.255 e. The fraction of sp³-hybridized carbons (Fsp3) is 0.400. The Hall–Kier alpha value is -4.27. The van der Waals surface area contributed by atoms with Crippen molar-refractivity contribution in [2.45, 2.75) is 33.1 Å². The van der Waals surface area contributed by atoms with E-state index in [9.17, 15) is 13.2 Å². The molecule has 0 spiro atoms. The predicted octanol–water partition coefficient (Wildman–Crippen LogP) is 2.90. The Morgan fingerprint density at radius 1 is 1.09 bits per heavy atom. The Morgan fingerprint density at radius 2 is 1.80 bits per heavy atom. The van der Waals surface area contributed by atoms with Gasteiger partial charge in [-0.15, -0.1) is 5.53 Å². The third-order valence-corrected chi connectivity index (χ3v) is 8.23. The summed E-state index contributed by atoms with van der Waals surface area (Å²) in [7, 11) is -0.163. The zero-order valence-corrected chi connectivity index (χ0v) is 27.0. The summed E-state index contributed by atoms with van der Waals surface area (Å²) >= 11 is 0. The second kappa shape index (κ2) is 12.0. The number of aromatic nitrogens is 2. The molecule has 13 nitrogen and oxygen atoms in total. The summed E-state index contributed by atoms with van der Waals surface area (Å²) < 4.78 is 34.4. The number of hydrazine groups is 2. The molecule has 3 aromatic rings. The number of nitrogens with one attached hydrogen (secondary N) is 5. The quantitative estimate of drug-likeness (QED) is 0.254. The van der Waals surface area contributed by atoms with Gasteiger partial charge in [0.05, 0.1) is 54.2 Å². The standard InChI is InChI=1S/C30H41N9O4S/c1-19-8-9-20(28(40)33-22-15-21(30(2,3)4)16-23(27(22)43-6)35-44(7,41)42)14-25(19)39-18-24(34-36-39)26-17-32-29(37(26)5)38-12-10-31-11-13-38/h8-9,14-18,31,34-36H,10-13H2,1-7H3,(H,33,40). The highest BCUT2D eigenvalue weighted by atomic mass is 32.2. The number of imidazole rings is 1. The van der Waals surface area contributed by atoms with Gasteiger partial charge in [0.15, 0.2) is 5.75 Å². The zero-order valence-electron chi connectivity index (χ0n) is 26.2. The number of hydrogen-bond donors (Lipinski definition) is 5. The minimum atomic E-state index is -3.60. The molecule has 2 aliphatic rings. The lowest BCUT2D eigenvalue weighted by Crippen LogP contribution is -2.44. The van der Waals surface area contributed by atoms with E-state index in [0.29, 0.717) is 11.3 Å². The van der Waals surface area contributed by atoms with Crippen LogP contribution in [0.2, 0.25) is 0 Å². The predicted molar refractivity (Wildman–Crippen MR) is 174 cm³/mol. The number of sulfonamides is 1. The van der Waals surface area contributed by atoms with E-state index in [1.165, 1.54) is 7.11 Å². The summed E-state index contributed by atoms with van der Waals surface area (Å²) in [6, 6.07) is 8.96. The van der Waals surface area contributed by atoms with Crippen molar-refractivity contribution >= 4 is 44.6 Å². The molecule has 14 heteroatoms. The van der Waals surface area contributed by atoms with E-state index in [0.717, 1.165) is 66.6 Å². The molecule has 0 bridgehead atoms. The van der Waals surface area contributed by atoms with Gasteiger partial charge in [-0.25, -0.2) is 13.4 Å². The number of hydrogen-bond acceptors (Lipinski definition) is 10. The third-order valence-electron chi connectivity index (χ3n) is 7.64. The van der Waals surface area contributed by atoms with Crippen LogP contribution >= 0.6 is 0 Å². The number of carbonyl (C=O) groups excluding carboxylic acids is 1. The van der Waals surface area contributed by atoms with Gasteiger partial charge in [0.25, 0.3) is 5.91 Å². The van der Waals surface area contributed by atoms with Gasteiger partial charge in [0.1, 0.15) is 0 Å². The lowest BCUT2D eigenvalue weighted by Gasteiger charge is -2.28. The van der Waals surface area contributed by atoms with Crippen molar-refractivity contribution < 1.29 is 17.9 Å². The Balaban J connectivity index is 1.42. The molecule has 2 aliphatic heterocycles. The number of anilines is 4. The first-order chi connectivity index (χ1) is 20.7. The van der Waals surface area contributed by atoms with Crippen LogP contribution < -0.4 is 41.0 Å². The van der Waals surface area contributed by atoms with Gasteiger partial charge in [-0.05, 0) is 47.7 Å². The molecule has 0 unspecified atom stereocenters. The van der Waals surface area contributed by atoms with Crippen LogP contribution in [0.15, 0.2) is 42.7 Å². The van der Waals surface area contributed by atoms with E-state index in [1.54, 1.807) is 18.2 Å². The van der Waals surface area contributed by atoms with Crippen molar-refractivity contribution in [2.24, 2.45) is 7.05 Å². The SMILES string of the molecule is COc1c(NC(=O)c2ccc(C)c(N3C=C(c4cnc(N5CCNCC5)n4C)NN3)c2)cc(C(C)(C)C)cc1NS(C)(=O)=O. The van der Waals surface area contributed by atoms with E-state index in [-0.39, 0.29) is 22.8 Å². The van der Waals surface area contributed by atoms with Crippen LogP contribution in [0.5, 0.6) is 5.75 Å². The van der Waals surface area contributed by atoms with Crippen molar-refractivity contribution in [2.75, 3.05) is 59.5 Å². The van der Waals surface area contributed by atoms with Gasteiger partial charge in [0.2, 0.25) is 16.0 Å². The molecule has 236 valence electrons. The number of nitrogens with zero attached hydrogens (tertiary/aromatic N) is 4.